The summed E-state index contributed by atoms with van der Waals surface area (Å²) in [7, 11) is 1.67. The van der Waals surface area contributed by atoms with Crippen molar-refractivity contribution in [1.29, 1.82) is 0 Å². The highest BCUT2D eigenvalue weighted by Gasteiger charge is 2.06. The second-order valence-electron chi connectivity index (χ2n) is 3.95. The first kappa shape index (κ1) is 13.4. The summed E-state index contributed by atoms with van der Waals surface area (Å²) in [6.07, 6.45) is 0. The molecule has 1 N–H and O–H groups in total. The van der Waals surface area contributed by atoms with Crippen molar-refractivity contribution in [3.63, 3.8) is 0 Å². The minimum atomic E-state index is 0.714. The summed E-state index contributed by atoms with van der Waals surface area (Å²) in [6.45, 7) is 4.84. The normalized spacial score (nSPS) is 10.4. The van der Waals surface area contributed by atoms with Gasteiger partial charge in [-0.15, -0.1) is 11.3 Å². The maximum Gasteiger partial charge on any atom is 0.142 e. The molecule has 0 saturated heterocycles. The van der Waals surface area contributed by atoms with E-state index in [0.29, 0.717) is 6.54 Å². The Morgan fingerprint density at radius 2 is 2.17 bits per heavy atom. The molecule has 2 aromatic rings. The first-order valence-electron chi connectivity index (χ1n) is 5.60. The Labute approximate surface area is 119 Å². The van der Waals surface area contributed by atoms with Gasteiger partial charge in [0.15, 0.2) is 0 Å². The van der Waals surface area contributed by atoms with Gasteiger partial charge >= 0.3 is 0 Å². The Hall–Kier alpha value is -1.07. The van der Waals surface area contributed by atoms with Gasteiger partial charge in [-0.2, -0.15) is 0 Å². The van der Waals surface area contributed by atoms with Gasteiger partial charge in [0, 0.05) is 9.35 Å². The van der Waals surface area contributed by atoms with Crippen LogP contribution < -0.4 is 10.1 Å². The molecule has 0 atom stereocenters. The van der Waals surface area contributed by atoms with Crippen LogP contribution >= 0.6 is 27.3 Å². The second-order valence-corrected chi connectivity index (χ2v) is 6.15. The van der Waals surface area contributed by atoms with Crippen molar-refractivity contribution in [2.45, 2.75) is 20.4 Å². The predicted octanol–water partition coefficient (Wildman–Crippen LogP) is 4.14. The largest absolute Gasteiger partial charge is 0.495 e. The lowest BCUT2D eigenvalue weighted by Crippen LogP contribution is -2.01. The number of nitrogens with zero attached hydrogens (tertiary/aromatic N) is 1. The Bertz CT molecular complexity index is 534. The lowest BCUT2D eigenvalue weighted by molar-refractivity contribution is 0.416. The molecule has 96 valence electrons. The second kappa shape index (κ2) is 5.71. The number of ether oxygens (including phenoxy) is 1. The van der Waals surface area contributed by atoms with Gasteiger partial charge in [0.25, 0.3) is 0 Å². The number of rotatable bonds is 4. The van der Waals surface area contributed by atoms with Crippen molar-refractivity contribution in [2.24, 2.45) is 0 Å². The quantitative estimate of drug-likeness (QED) is 0.916. The van der Waals surface area contributed by atoms with E-state index < -0.39 is 0 Å². The van der Waals surface area contributed by atoms with Crippen LogP contribution in [0.4, 0.5) is 5.69 Å². The van der Waals surface area contributed by atoms with Gasteiger partial charge in [-0.25, -0.2) is 4.98 Å². The maximum absolute atomic E-state index is 5.32. The minimum Gasteiger partial charge on any atom is -0.495 e. The van der Waals surface area contributed by atoms with E-state index in [-0.39, 0.29) is 0 Å². The third kappa shape index (κ3) is 3.03. The number of halogens is 1. The fraction of sp³-hybridized carbons (Fsp3) is 0.308. The maximum atomic E-state index is 5.32. The molecule has 2 rings (SSSR count). The minimum absolute atomic E-state index is 0.714. The molecule has 5 heteroatoms. The number of methoxy groups -OCH3 is 1. The molecule has 0 amide bonds. The molecule has 0 spiro atoms. The summed E-state index contributed by atoms with van der Waals surface area (Å²) in [4.78, 5) is 5.78. The number of benzene rings is 1. The molecule has 0 radical (unpaired) electrons. The number of hydrogen-bond donors (Lipinski definition) is 1. The highest BCUT2D eigenvalue weighted by atomic mass is 79.9. The van der Waals surface area contributed by atoms with E-state index in [0.717, 1.165) is 26.6 Å². The van der Waals surface area contributed by atoms with E-state index in [1.807, 2.05) is 25.1 Å². The zero-order chi connectivity index (χ0) is 13.1. The van der Waals surface area contributed by atoms with Gasteiger partial charge in [0.1, 0.15) is 10.8 Å². The first-order chi connectivity index (χ1) is 8.60. The van der Waals surface area contributed by atoms with Crippen molar-refractivity contribution in [1.82, 2.24) is 4.98 Å². The summed E-state index contributed by atoms with van der Waals surface area (Å²) in [6, 6.07) is 5.90. The van der Waals surface area contributed by atoms with Crippen LogP contribution in [0.15, 0.2) is 22.7 Å². The fourth-order valence-electron chi connectivity index (χ4n) is 1.60. The molecule has 1 aromatic carbocycles. The molecule has 0 aliphatic rings. The summed E-state index contributed by atoms with van der Waals surface area (Å²) in [5.41, 5.74) is 2.08. The number of anilines is 1. The van der Waals surface area contributed by atoms with Crippen molar-refractivity contribution in [3.8, 4) is 5.75 Å². The lowest BCUT2D eigenvalue weighted by atomic mass is 10.3. The van der Waals surface area contributed by atoms with Crippen LogP contribution in [0.5, 0.6) is 5.75 Å². The average molecular weight is 327 g/mol. The SMILES string of the molecule is COc1ccc(Br)cc1NCc1nc(C)c(C)s1. The number of aromatic nitrogens is 1. The molecule has 0 aliphatic carbocycles. The van der Waals surface area contributed by atoms with Crippen LogP contribution in [-0.4, -0.2) is 12.1 Å². The van der Waals surface area contributed by atoms with Crippen molar-refractivity contribution in [3.05, 3.63) is 38.3 Å². The topological polar surface area (TPSA) is 34.1 Å². The molecule has 18 heavy (non-hydrogen) atoms. The molecule has 1 heterocycles. The van der Waals surface area contributed by atoms with Crippen LogP contribution in [0, 0.1) is 13.8 Å². The Balaban J connectivity index is 2.12. The van der Waals surface area contributed by atoms with E-state index in [1.54, 1.807) is 18.4 Å². The zero-order valence-electron chi connectivity index (χ0n) is 10.6. The van der Waals surface area contributed by atoms with Gasteiger partial charge in [-0.05, 0) is 32.0 Å². The van der Waals surface area contributed by atoms with Crippen molar-refractivity contribution in [2.75, 3.05) is 12.4 Å². The standard InChI is InChI=1S/C13H15BrN2OS/c1-8-9(2)18-13(16-8)7-15-11-6-10(14)4-5-12(11)17-3/h4-6,15H,7H2,1-3H3. The molecule has 0 bridgehead atoms. The van der Waals surface area contributed by atoms with E-state index in [2.05, 4.69) is 33.2 Å². The van der Waals surface area contributed by atoms with Crippen LogP contribution in [0.25, 0.3) is 0 Å². The molecule has 0 unspecified atom stereocenters. The number of aryl methyl sites for hydroxylation is 2. The summed E-state index contributed by atoms with van der Waals surface area (Å²) >= 11 is 5.18. The number of hydrogen-bond acceptors (Lipinski definition) is 4. The first-order valence-corrected chi connectivity index (χ1v) is 7.21. The highest BCUT2D eigenvalue weighted by Crippen LogP contribution is 2.28. The van der Waals surface area contributed by atoms with Gasteiger partial charge < -0.3 is 10.1 Å². The summed E-state index contributed by atoms with van der Waals surface area (Å²) in [5, 5.41) is 4.44. The van der Waals surface area contributed by atoms with Crippen molar-refractivity contribution >= 4 is 33.0 Å². The Morgan fingerprint density at radius 3 is 2.78 bits per heavy atom. The molecular formula is C13H15BrN2OS. The van der Waals surface area contributed by atoms with E-state index in [4.69, 9.17) is 4.74 Å². The third-order valence-electron chi connectivity index (χ3n) is 2.66. The molecule has 0 saturated carbocycles. The third-order valence-corrected chi connectivity index (χ3v) is 4.23. The van der Waals surface area contributed by atoms with Crippen LogP contribution in [0.2, 0.25) is 0 Å². The Kier molecular flexibility index (Phi) is 4.24. The van der Waals surface area contributed by atoms with Crippen LogP contribution in [0.1, 0.15) is 15.6 Å². The van der Waals surface area contributed by atoms with Crippen LogP contribution in [0.3, 0.4) is 0 Å². The molecule has 0 fully saturated rings. The van der Waals surface area contributed by atoms with E-state index >= 15 is 0 Å². The summed E-state index contributed by atoms with van der Waals surface area (Å²) in [5.74, 6) is 0.836. The fourth-order valence-corrected chi connectivity index (χ4v) is 2.84. The smallest absolute Gasteiger partial charge is 0.142 e. The van der Waals surface area contributed by atoms with Gasteiger partial charge in [-0.3, -0.25) is 0 Å². The Morgan fingerprint density at radius 1 is 1.39 bits per heavy atom. The van der Waals surface area contributed by atoms with Gasteiger partial charge in [-0.1, -0.05) is 15.9 Å². The predicted molar refractivity (Wildman–Crippen MR) is 79.6 cm³/mol. The van der Waals surface area contributed by atoms with Gasteiger partial charge in [0.2, 0.25) is 0 Å². The molecular weight excluding hydrogens is 312 g/mol. The molecule has 3 nitrogen and oxygen atoms in total. The number of nitrogens with one attached hydrogen (secondary N) is 1. The van der Waals surface area contributed by atoms with E-state index in [9.17, 15) is 0 Å². The highest BCUT2D eigenvalue weighted by molar-refractivity contribution is 9.10. The molecule has 0 aliphatic heterocycles. The van der Waals surface area contributed by atoms with Crippen molar-refractivity contribution < 1.29 is 4.74 Å². The molecule has 1 aromatic heterocycles. The van der Waals surface area contributed by atoms with Crippen LogP contribution in [-0.2, 0) is 6.54 Å². The lowest BCUT2D eigenvalue weighted by Gasteiger charge is -2.10. The zero-order valence-corrected chi connectivity index (χ0v) is 13.0. The van der Waals surface area contributed by atoms with Gasteiger partial charge in [0.05, 0.1) is 25.0 Å². The number of thiazole rings is 1. The van der Waals surface area contributed by atoms with E-state index in [1.165, 1.54) is 4.88 Å². The monoisotopic (exact) mass is 326 g/mol. The average Bonchev–Trinajstić information content (AvgIpc) is 2.66. The summed E-state index contributed by atoms with van der Waals surface area (Å²) < 4.78 is 6.34.